The van der Waals surface area contributed by atoms with Gasteiger partial charge < -0.3 is 5.32 Å². The number of hydrogen-bond acceptors (Lipinski definition) is 3. The minimum Gasteiger partial charge on any atom is -0.338 e. The van der Waals surface area contributed by atoms with Crippen LogP contribution in [0.5, 0.6) is 0 Å². The van der Waals surface area contributed by atoms with Crippen molar-refractivity contribution >= 4 is 39.4 Å². The van der Waals surface area contributed by atoms with Crippen LogP contribution in [-0.2, 0) is 0 Å². The van der Waals surface area contributed by atoms with Gasteiger partial charge in [0.1, 0.15) is 17.3 Å². The number of hydrogen-bond donors (Lipinski definition) is 1. The average Bonchev–Trinajstić information content (AvgIpc) is 3.10. The predicted molar refractivity (Wildman–Crippen MR) is 112 cm³/mol. The second-order valence-corrected chi connectivity index (χ2v) is 8.30. The van der Waals surface area contributed by atoms with E-state index in [1.165, 1.54) is 10.9 Å². The minimum absolute atomic E-state index is 0.292. The summed E-state index contributed by atoms with van der Waals surface area (Å²) < 4.78 is 16.7. The molecule has 0 bridgehead atoms. The van der Waals surface area contributed by atoms with Gasteiger partial charge in [-0.15, -0.1) is 11.3 Å². The molecular formula is C21H19ClFN3S. The molecule has 4 rings (SSSR count). The number of aromatic nitrogens is 2. The van der Waals surface area contributed by atoms with Crippen LogP contribution in [-0.4, -0.2) is 9.38 Å². The van der Waals surface area contributed by atoms with Crippen molar-refractivity contribution in [3.8, 4) is 11.3 Å². The highest BCUT2D eigenvalue weighted by molar-refractivity contribution is 7.17. The lowest BCUT2D eigenvalue weighted by atomic mass is 10.1. The Bertz CT molecular complexity index is 1160. The summed E-state index contributed by atoms with van der Waals surface area (Å²) in [5.74, 6) is 0.437. The highest BCUT2D eigenvalue weighted by atomic mass is 35.5. The maximum atomic E-state index is 14.6. The Morgan fingerprint density at radius 3 is 2.63 bits per heavy atom. The van der Waals surface area contributed by atoms with Gasteiger partial charge in [0.05, 0.1) is 10.7 Å². The zero-order chi connectivity index (χ0) is 19.3. The molecule has 0 fully saturated rings. The maximum absolute atomic E-state index is 14.6. The van der Waals surface area contributed by atoms with E-state index in [-0.39, 0.29) is 5.82 Å². The molecule has 138 valence electrons. The summed E-state index contributed by atoms with van der Waals surface area (Å²) in [4.78, 5) is 6.76. The van der Waals surface area contributed by atoms with Crippen molar-refractivity contribution in [2.45, 2.75) is 27.7 Å². The molecule has 0 aliphatic carbocycles. The van der Waals surface area contributed by atoms with Crippen LogP contribution in [0.2, 0.25) is 5.02 Å². The largest absolute Gasteiger partial charge is 0.338 e. The molecule has 3 nitrogen and oxygen atoms in total. The summed E-state index contributed by atoms with van der Waals surface area (Å²) in [7, 11) is 0. The van der Waals surface area contributed by atoms with Crippen LogP contribution in [0.1, 0.15) is 21.7 Å². The van der Waals surface area contributed by atoms with Gasteiger partial charge in [0, 0.05) is 16.1 Å². The van der Waals surface area contributed by atoms with E-state index in [0.717, 1.165) is 33.3 Å². The molecule has 1 N–H and O–H groups in total. The first-order valence-corrected chi connectivity index (χ1v) is 9.83. The third kappa shape index (κ3) is 3.01. The lowest BCUT2D eigenvalue weighted by Crippen LogP contribution is -2.01. The van der Waals surface area contributed by atoms with Crippen LogP contribution in [0, 0.1) is 33.5 Å². The second kappa shape index (κ2) is 6.66. The molecule has 0 radical (unpaired) electrons. The van der Waals surface area contributed by atoms with Crippen molar-refractivity contribution in [1.82, 2.24) is 9.38 Å². The summed E-state index contributed by atoms with van der Waals surface area (Å²) >= 11 is 8.03. The third-order valence-corrected chi connectivity index (χ3v) is 6.15. The molecule has 0 atom stereocenters. The predicted octanol–water partition coefficient (Wildman–Crippen LogP) is 6.83. The number of fused-ring (bicyclic) bond motifs is 1. The number of imidazole rings is 1. The molecule has 0 aliphatic heterocycles. The fraction of sp³-hybridized carbons (Fsp3) is 0.190. The monoisotopic (exact) mass is 399 g/mol. The normalized spacial score (nSPS) is 11.3. The Kier molecular flexibility index (Phi) is 4.44. The number of thiazole rings is 1. The molecule has 0 spiro atoms. The molecular weight excluding hydrogens is 381 g/mol. The summed E-state index contributed by atoms with van der Waals surface area (Å²) in [5.41, 5.74) is 4.95. The van der Waals surface area contributed by atoms with E-state index in [9.17, 15) is 4.39 Å². The molecule has 27 heavy (non-hydrogen) atoms. The van der Waals surface area contributed by atoms with E-state index >= 15 is 0 Å². The number of benzene rings is 2. The second-order valence-electron chi connectivity index (χ2n) is 6.71. The van der Waals surface area contributed by atoms with Crippen LogP contribution < -0.4 is 5.32 Å². The first kappa shape index (κ1) is 18.0. The molecule has 2 aromatic carbocycles. The van der Waals surface area contributed by atoms with E-state index in [1.807, 2.05) is 49.4 Å². The first-order valence-electron chi connectivity index (χ1n) is 8.64. The van der Waals surface area contributed by atoms with Crippen LogP contribution in [0.3, 0.4) is 0 Å². The number of rotatable bonds is 3. The SMILES string of the molecule is Cc1ccc(F)c(-c2nc3sc(C)c(C)n3c2Nc2c(C)cccc2Cl)c1. The highest BCUT2D eigenvalue weighted by Crippen LogP contribution is 2.39. The first-order chi connectivity index (χ1) is 12.9. The molecule has 0 unspecified atom stereocenters. The van der Waals surface area contributed by atoms with E-state index < -0.39 is 0 Å². The van der Waals surface area contributed by atoms with Crippen LogP contribution >= 0.6 is 22.9 Å². The van der Waals surface area contributed by atoms with Crippen LogP contribution in [0.4, 0.5) is 15.9 Å². The van der Waals surface area contributed by atoms with Crippen LogP contribution in [0.15, 0.2) is 36.4 Å². The van der Waals surface area contributed by atoms with E-state index in [0.29, 0.717) is 16.3 Å². The quantitative estimate of drug-likeness (QED) is 0.409. The Balaban J connectivity index is 2.00. The molecule has 0 amide bonds. The Hall–Kier alpha value is -2.37. The lowest BCUT2D eigenvalue weighted by molar-refractivity contribution is 0.630. The van der Waals surface area contributed by atoms with Gasteiger partial charge in [-0.05, 0) is 51.5 Å². The maximum Gasteiger partial charge on any atom is 0.196 e. The Morgan fingerprint density at radius 1 is 1.11 bits per heavy atom. The number of aryl methyl sites for hydroxylation is 4. The van der Waals surface area contributed by atoms with Gasteiger partial charge in [-0.1, -0.05) is 35.4 Å². The molecule has 4 aromatic rings. The zero-order valence-corrected chi connectivity index (χ0v) is 17.1. The van der Waals surface area contributed by atoms with E-state index in [4.69, 9.17) is 16.6 Å². The van der Waals surface area contributed by atoms with E-state index in [1.54, 1.807) is 17.4 Å². The minimum atomic E-state index is -0.292. The van der Waals surface area contributed by atoms with Crippen molar-refractivity contribution in [3.63, 3.8) is 0 Å². The Morgan fingerprint density at radius 2 is 1.89 bits per heavy atom. The zero-order valence-electron chi connectivity index (χ0n) is 15.5. The summed E-state index contributed by atoms with van der Waals surface area (Å²) in [6, 6.07) is 10.8. The van der Waals surface area contributed by atoms with Gasteiger partial charge in [-0.25, -0.2) is 9.37 Å². The fourth-order valence-corrected chi connectivity index (χ4v) is 4.42. The van der Waals surface area contributed by atoms with Crippen LogP contribution in [0.25, 0.3) is 16.2 Å². The smallest absolute Gasteiger partial charge is 0.196 e. The van der Waals surface area contributed by atoms with Gasteiger partial charge in [0.25, 0.3) is 0 Å². The van der Waals surface area contributed by atoms with Crippen molar-refractivity contribution in [3.05, 3.63) is 68.9 Å². The number of nitrogens with zero attached hydrogens (tertiary/aromatic N) is 2. The fourth-order valence-electron chi connectivity index (χ4n) is 3.18. The van der Waals surface area contributed by atoms with Gasteiger partial charge >= 0.3 is 0 Å². The van der Waals surface area contributed by atoms with Gasteiger partial charge in [0.2, 0.25) is 0 Å². The Labute approximate surface area is 166 Å². The van der Waals surface area contributed by atoms with Crippen molar-refractivity contribution in [1.29, 1.82) is 0 Å². The van der Waals surface area contributed by atoms with Crippen molar-refractivity contribution in [2.24, 2.45) is 0 Å². The average molecular weight is 400 g/mol. The molecule has 2 heterocycles. The highest BCUT2D eigenvalue weighted by Gasteiger charge is 2.22. The molecule has 0 saturated heterocycles. The number of para-hydroxylation sites is 1. The summed E-state index contributed by atoms with van der Waals surface area (Å²) in [5, 5.41) is 4.06. The number of nitrogens with one attached hydrogen (secondary N) is 1. The lowest BCUT2D eigenvalue weighted by Gasteiger charge is -2.14. The number of halogens is 2. The third-order valence-electron chi connectivity index (χ3n) is 4.78. The van der Waals surface area contributed by atoms with Crippen molar-refractivity contribution < 1.29 is 4.39 Å². The van der Waals surface area contributed by atoms with Gasteiger partial charge in [-0.2, -0.15) is 0 Å². The summed E-state index contributed by atoms with van der Waals surface area (Å²) in [6.07, 6.45) is 0. The molecule has 2 aromatic heterocycles. The van der Waals surface area contributed by atoms with Gasteiger partial charge in [-0.3, -0.25) is 4.40 Å². The molecule has 0 saturated carbocycles. The standard InChI is InChI=1S/C21H19ClFN3S/c1-11-8-9-17(23)15(10-11)19-20(24-18-12(2)6-5-7-16(18)22)26-13(3)14(4)27-21(26)25-19/h5-10,24H,1-4H3. The molecule has 6 heteroatoms. The van der Waals surface area contributed by atoms with E-state index in [2.05, 4.69) is 12.2 Å². The molecule has 0 aliphatic rings. The number of anilines is 2. The summed E-state index contributed by atoms with van der Waals surface area (Å²) in [6.45, 7) is 8.04. The van der Waals surface area contributed by atoms with Gasteiger partial charge in [0.15, 0.2) is 4.96 Å². The van der Waals surface area contributed by atoms with Crippen molar-refractivity contribution in [2.75, 3.05) is 5.32 Å². The topological polar surface area (TPSA) is 29.3 Å².